The number of halogens is 3. The lowest BCUT2D eigenvalue weighted by Crippen LogP contribution is -2.11. The van der Waals surface area contributed by atoms with E-state index in [1.807, 2.05) is 24.3 Å². The van der Waals surface area contributed by atoms with Crippen LogP contribution in [0.1, 0.15) is 39.7 Å². The number of pyridine rings is 1. The van der Waals surface area contributed by atoms with Crippen molar-refractivity contribution >= 4 is 5.97 Å². The number of para-hydroxylation sites is 1. The molecule has 3 aromatic rings. The van der Waals surface area contributed by atoms with E-state index in [0.717, 1.165) is 23.6 Å². The highest BCUT2D eigenvalue weighted by atomic mass is 19.4. The average molecular weight is 399 g/mol. The molecule has 0 spiro atoms. The maximum absolute atomic E-state index is 13.1. The normalized spacial score (nSPS) is 15.6. The van der Waals surface area contributed by atoms with Crippen LogP contribution in [0.4, 0.5) is 13.2 Å². The Morgan fingerprint density at radius 3 is 2.52 bits per heavy atom. The molecule has 0 saturated carbocycles. The monoisotopic (exact) mass is 399 g/mol. The molecule has 1 aromatic heterocycles. The van der Waals surface area contributed by atoms with Gasteiger partial charge < -0.3 is 9.47 Å². The standard InChI is InChI=1S/C22H16F3NO3/c23-22(24,25)17-7-3-4-8-20(17)28-15-10-11-18(26-13-15)21(27)29-19-12-9-14-5-1-2-6-16(14)19/h1-8,10-11,13,19H,9,12H2. The molecule has 148 valence electrons. The third-order valence-corrected chi connectivity index (χ3v) is 4.69. The van der Waals surface area contributed by atoms with Crippen LogP contribution in [0.2, 0.25) is 0 Å². The lowest BCUT2D eigenvalue weighted by Gasteiger charge is -2.14. The number of fused-ring (bicyclic) bond motifs is 1. The van der Waals surface area contributed by atoms with Crippen LogP contribution in [-0.2, 0) is 17.3 Å². The quantitative estimate of drug-likeness (QED) is 0.525. The first-order chi connectivity index (χ1) is 13.9. The van der Waals surface area contributed by atoms with Crippen LogP contribution in [0, 0.1) is 0 Å². The van der Waals surface area contributed by atoms with Gasteiger partial charge in [-0.1, -0.05) is 36.4 Å². The number of carbonyl (C=O) groups is 1. The van der Waals surface area contributed by atoms with Crippen LogP contribution in [-0.4, -0.2) is 11.0 Å². The Kier molecular flexibility index (Phi) is 4.96. The molecule has 0 radical (unpaired) electrons. The van der Waals surface area contributed by atoms with Gasteiger partial charge in [0.1, 0.15) is 23.3 Å². The van der Waals surface area contributed by atoms with Gasteiger partial charge in [-0.05, 0) is 48.2 Å². The van der Waals surface area contributed by atoms with E-state index in [1.165, 1.54) is 36.5 Å². The summed E-state index contributed by atoms with van der Waals surface area (Å²) in [5.74, 6) is -0.835. The smallest absolute Gasteiger partial charge is 0.419 e. The van der Waals surface area contributed by atoms with E-state index < -0.39 is 17.7 Å². The third kappa shape index (κ3) is 4.08. The molecular weight excluding hydrogens is 383 g/mol. The molecule has 29 heavy (non-hydrogen) atoms. The molecule has 4 nitrogen and oxygen atoms in total. The Hall–Kier alpha value is -3.35. The SMILES string of the molecule is O=C(OC1CCc2ccccc21)c1ccc(Oc2ccccc2C(F)(F)F)cn1. The molecule has 0 fully saturated rings. The molecule has 1 aliphatic rings. The minimum Gasteiger partial charge on any atom is -0.455 e. The number of hydrogen-bond acceptors (Lipinski definition) is 4. The molecule has 0 aliphatic heterocycles. The van der Waals surface area contributed by atoms with Crippen molar-refractivity contribution in [1.29, 1.82) is 0 Å². The number of nitrogens with zero attached hydrogens (tertiary/aromatic N) is 1. The first-order valence-corrected chi connectivity index (χ1v) is 9.01. The average Bonchev–Trinajstić information content (AvgIpc) is 3.11. The van der Waals surface area contributed by atoms with Gasteiger partial charge in [0.15, 0.2) is 0 Å². The molecule has 1 aliphatic carbocycles. The minimum absolute atomic E-state index is 0.0610. The number of esters is 1. The maximum Gasteiger partial charge on any atom is 0.419 e. The van der Waals surface area contributed by atoms with Gasteiger partial charge in [0.2, 0.25) is 0 Å². The van der Waals surface area contributed by atoms with Crippen molar-refractivity contribution in [3.63, 3.8) is 0 Å². The van der Waals surface area contributed by atoms with Gasteiger partial charge in [-0.3, -0.25) is 0 Å². The molecule has 0 saturated heterocycles. The molecule has 7 heteroatoms. The van der Waals surface area contributed by atoms with Crippen LogP contribution in [0.15, 0.2) is 66.9 Å². The Morgan fingerprint density at radius 1 is 1.00 bits per heavy atom. The van der Waals surface area contributed by atoms with E-state index >= 15 is 0 Å². The minimum atomic E-state index is -4.54. The predicted molar refractivity (Wildman–Crippen MR) is 98.7 cm³/mol. The molecule has 0 N–H and O–H groups in total. The second kappa shape index (κ2) is 7.58. The number of aryl methyl sites for hydroxylation is 1. The van der Waals surface area contributed by atoms with E-state index in [-0.39, 0.29) is 23.3 Å². The van der Waals surface area contributed by atoms with Crippen molar-refractivity contribution in [1.82, 2.24) is 4.98 Å². The number of rotatable bonds is 4. The summed E-state index contributed by atoms with van der Waals surface area (Å²) in [7, 11) is 0. The Bertz CT molecular complexity index is 1030. The molecule has 0 amide bonds. The largest absolute Gasteiger partial charge is 0.455 e. The first kappa shape index (κ1) is 19.0. The van der Waals surface area contributed by atoms with Crippen molar-refractivity contribution in [2.45, 2.75) is 25.1 Å². The number of carbonyl (C=O) groups excluding carboxylic acids is 1. The molecule has 1 unspecified atom stereocenters. The number of ether oxygens (including phenoxy) is 2. The second-order valence-electron chi connectivity index (χ2n) is 6.61. The van der Waals surface area contributed by atoms with Gasteiger partial charge >= 0.3 is 12.1 Å². The summed E-state index contributed by atoms with van der Waals surface area (Å²) in [5.41, 5.74) is 1.32. The number of hydrogen-bond donors (Lipinski definition) is 0. The third-order valence-electron chi connectivity index (χ3n) is 4.69. The van der Waals surface area contributed by atoms with E-state index in [9.17, 15) is 18.0 Å². The summed E-state index contributed by atoms with van der Waals surface area (Å²) in [6, 6.07) is 15.4. The molecule has 4 rings (SSSR count). The molecular formula is C22H16F3NO3. The second-order valence-corrected chi connectivity index (χ2v) is 6.61. The van der Waals surface area contributed by atoms with Gasteiger partial charge in [-0.2, -0.15) is 13.2 Å². The van der Waals surface area contributed by atoms with Gasteiger partial charge in [-0.25, -0.2) is 9.78 Å². The first-order valence-electron chi connectivity index (χ1n) is 9.01. The lowest BCUT2D eigenvalue weighted by atomic mass is 10.1. The summed E-state index contributed by atoms with van der Waals surface area (Å²) in [6.45, 7) is 0. The van der Waals surface area contributed by atoms with E-state index in [2.05, 4.69) is 4.98 Å². The van der Waals surface area contributed by atoms with Crippen LogP contribution in [0.25, 0.3) is 0 Å². The van der Waals surface area contributed by atoms with Gasteiger partial charge in [0, 0.05) is 0 Å². The fourth-order valence-corrected chi connectivity index (χ4v) is 3.31. The summed E-state index contributed by atoms with van der Waals surface area (Å²) in [6.07, 6.45) is -2.11. The highest BCUT2D eigenvalue weighted by molar-refractivity contribution is 5.87. The lowest BCUT2D eigenvalue weighted by molar-refractivity contribution is -0.138. The van der Waals surface area contributed by atoms with Crippen LogP contribution < -0.4 is 4.74 Å². The van der Waals surface area contributed by atoms with Crippen molar-refractivity contribution in [2.75, 3.05) is 0 Å². The fourth-order valence-electron chi connectivity index (χ4n) is 3.31. The van der Waals surface area contributed by atoms with Crippen molar-refractivity contribution in [2.24, 2.45) is 0 Å². The Balaban J connectivity index is 1.46. The summed E-state index contributed by atoms with van der Waals surface area (Å²) in [5, 5.41) is 0. The van der Waals surface area contributed by atoms with E-state index in [1.54, 1.807) is 0 Å². The summed E-state index contributed by atoms with van der Waals surface area (Å²) in [4.78, 5) is 16.4. The van der Waals surface area contributed by atoms with E-state index in [0.29, 0.717) is 6.42 Å². The maximum atomic E-state index is 13.1. The van der Waals surface area contributed by atoms with Crippen LogP contribution in [0.5, 0.6) is 11.5 Å². The zero-order valence-corrected chi connectivity index (χ0v) is 15.1. The fraction of sp³-hybridized carbons (Fsp3) is 0.182. The summed E-state index contributed by atoms with van der Waals surface area (Å²) < 4.78 is 50.1. The van der Waals surface area contributed by atoms with Gasteiger partial charge in [0.05, 0.1) is 11.8 Å². The highest BCUT2D eigenvalue weighted by Gasteiger charge is 2.34. The summed E-state index contributed by atoms with van der Waals surface area (Å²) >= 11 is 0. The topological polar surface area (TPSA) is 48.4 Å². The molecule has 2 aromatic carbocycles. The van der Waals surface area contributed by atoms with Crippen molar-refractivity contribution in [3.8, 4) is 11.5 Å². The van der Waals surface area contributed by atoms with Gasteiger partial charge in [0.25, 0.3) is 0 Å². The Morgan fingerprint density at radius 2 is 1.76 bits per heavy atom. The highest BCUT2D eigenvalue weighted by Crippen LogP contribution is 2.38. The van der Waals surface area contributed by atoms with Crippen LogP contribution >= 0.6 is 0 Å². The van der Waals surface area contributed by atoms with Crippen LogP contribution in [0.3, 0.4) is 0 Å². The number of aromatic nitrogens is 1. The van der Waals surface area contributed by atoms with Gasteiger partial charge in [-0.15, -0.1) is 0 Å². The molecule has 1 atom stereocenters. The Labute approximate surface area is 164 Å². The molecule has 0 bridgehead atoms. The number of benzene rings is 2. The van der Waals surface area contributed by atoms with E-state index in [4.69, 9.17) is 9.47 Å². The zero-order valence-electron chi connectivity index (χ0n) is 15.1. The zero-order chi connectivity index (χ0) is 20.4. The van der Waals surface area contributed by atoms with Crippen molar-refractivity contribution in [3.05, 3.63) is 89.2 Å². The molecule has 1 heterocycles. The predicted octanol–water partition coefficient (Wildman–Crippen LogP) is 5.74. The number of alkyl halides is 3. The van der Waals surface area contributed by atoms with Crippen molar-refractivity contribution < 1.29 is 27.4 Å².